The number of carbonyl (C=O) groups is 1. The highest BCUT2D eigenvalue weighted by Crippen LogP contribution is 2.30. The van der Waals surface area contributed by atoms with Gasteiger partial charge in [-0.3, -0.25) is 4.79 Å². The zero-order valence-corrected chi connectivity index (χ0v) is 14.9. The van der Waals surface area contributed by atoms with Gasteiger partial charge in [0, 0.05) is 38.4 Å². The maximum absolute atomic E-state index is 12.6. The van der Waals surface area contributed by atoms with Crippen LogP contribution in [-0.4, -0.2) is 55.7 Å². The SMILES string of the molecule is NC[C@H]1CC[C@@H](C(=O)N2CCC(CN3CCc4ccccc43)CC2)O1. The van der Waals surface area contributed by atoms with E-state index in [0.717, 1.165) is 58.3 Å². The first-order valence-corrected chi connectivity index (χ1v) is 9.71. The Labute approximate surface area is 150 Å². The average Bonchev–Trinajstić information content (AvgIpc) is 3.29. The number of piperidine rings is 1. The Kier molecular flexibility index (Phi) is 4.95. The first-order valence-electron chi connectivity index (χ1n) is 9.71. The van der Waals surface area contributed by atoms with Crippen LogP contribution >= 0.6 is 0 Å². The number of rotatable bonds is 4. The van der Waals surface area contributed by atoms with Crippen LogP contribution in [0.1, 0.15) is 31.2 Å². The Morgan fingerprint density at radius 2 is 1.92 bits per heavy atom. The average molecular weight is 343 g/mol. The summed E-state index contributed by atoms with van der Waals surface area (Å²) in [7, 11) is 0. The van der Waals surface area contributed by atoms with Crippen LogP contribution in [0.4, 0.5) is 5.69 Å². The molecule has 0 radical (unpaired) electrons. The molecule has 3 aliphatic rings. The van der Waals surface area contributed by atoms with Crippen molar-refractivity contribution < 1.29 is 9.53 Å². The molecule has 1 aromatic rings. The van der Waals surface area contributed by atoms with Crippen LogP contribution in [0.2, 0.25) is 0 Å². The van der Waals surface area contributed by atoms with E-state index in [4.69, 9.17) is 10.5 Å². The summed E-state index contributed by atoms with van der Waals surface area (Å²) in [6.07, 6.45) is 4.91. The van der Waals surface area contributed by atoms with Crippen LogP contribution < -0.4 is 10.6 Å². The molecule has 0 aromatic heterocycles. The Bertz CT molecular complexity index is 613. The van der Waals surface area contributed by atoms with E-state index in [1.54, 1.807) is 0 Å². The summed E-state index contributed by atoms with van der Waals surface area (Å²) in [4.78, 5) is 17.2. The number of ether oxygens (including phenoxy) is 1. The lowest BCUT2D eigenvalue weighted by Crippen LogP contribution is -2.45. The van der Waals surface area contributed by atoms with E-state index in [1.807, 2.05) is 4.90 Å². The van der Waals surface area contributed by atoms with E-state index in [-0.39, 0.29) is 18.1 Å². The van der Waals surface area contributed by atoms with E-state index in [1.165, 1.54) is 11.3 Å². The topological polar surface area (TPSA) is 58.8 Å². The second-order valence-corrected chi connectivity index (χ2v) is 7.65. The lowest BCUT2D eigenvalue weighted by molar-refractivity contribution is -0.144. The van der Waals surface area contributed by atoms with E-state index in [0.29, 0.717) is 12.5 Å². The van der Waals surface area contributed by atoms with Crippen molar-refractivity contribution in [1.82, 2.24) is 4.90 Å². The van der Waals surface area contributed by atoms with E-state index in [9.17, 15) is 4.79 Å². The summed E-state index contributed by atoms with van der Waals surface area (Å²) < 4.78 is 5.77. The summed E-state index contributed by atoms with van der Waals surface area (Å²) in [5.74, 6) is 0.859. The largest absolute Gasteiger partial charge is 0.371 e. The van der Waals surface area contributed by atoms with Crippen molar-refractivity contribution in [2.24, 2.45) is 11.7 Å². The van der Waals surface area contributed by atoms with Crippen LogP contribution in [0.15, 0.2) is 24.3 Å². The van der Waals surface area contributed by atoms with Gasteiger partial charge in [-0.2, -0.15) is 0 Å². The maximum Gasteiger partial charge on any atom is 0.251 e. The number of nitrogens with two attached hydrogens (primary N) is 1. The molecule has 136 valence electrons. The minimum absolute atomic E-state index is 0.0710. The number of hydrogen-bond donors (Lipinski definition) is 1. The van der Waals surface area contributed by atoms with Gasteiger partial charge in [0.25, 0.3) is 5.91 Å². The van der Waals surface area contributed by atoms with Crippen molar-refractivity contribution in [1.29, 1.82) is 0 Å². The van der Waals surface area contributed by atoms with E-state index < -0.39 is 0 Å². The third kappa shape index (κ3) is 3.53. The standard InChI is InChI=1S/C20H29N3O2/c21-13-17-5-6-19(25-17)20(24)22-10-7-15(8-11-22)14-23-12-9-16-3-1-2-4-18(16)23/h1-4,15,17,19H,5-14,21H2/t17-,19+/m1/s1. The fourth-order valence-corrected chi connectivity index (χ4v) is 4.51. The molecule has 0 saturated carbocycles. The number of fused-ring (bicyclic) bond motifs is 1. The Balaban J connectivity index is 1.27. The summed E-state index contributed by atoms with van der Waals surface area (Å²) in [5.41, 5.74) is 8.54. The number of benzene rings is 1. The molecule has 0 unspecified atom stereocenters. The highest BCUT2D eigenvalue weighted by molar-refractivity contribution is 5.81. The molecule has 1 aromatic carbocycles. The summed E-state index contributed by atoms with van der Waals surface area (Å²) in [6.45, 7) is 4.50. The zero-order chi connectivity index (χ0) is 17.2. The molecule has 5 nitrogen and oxygen atoms in total. The third-order valence-electron chi connectivity index (χ3n) is 6.03. The molecule has 3 heterocycles. The molecule has 2 saturated heterocycles. The lowest BCUT2D eigenvalue weighted by atomic mass is 9.95. The minimum atomic E-state index is -0.254. The molecule has 2 N–H and O–H groups in total. The molecule has 25 heavy (non-hydrogen) atoms. The summed E-state index contributed by atoms with van der Waals surface area (Å²) >= 11 is 0. The molecule has 4 rings (SSSR count). The summed E-state index contributed by atoms with van der Waals surface area (Å²) in [6, 6.07) is 8.75. The zero-order valence-electron chi connectivity index (χ0n) is 14.9. The fourth-order valence-electron chi connectivity index (χ4n) is 4.51. The Morgan fingerprint density at radius 1 is 1.12 bits per heavy atom. The number of likely N-dealkylation sites (tertiary alicyclic amines) is 1. The number of hydrogen-bond acceptors (Lipinski definition) is 4. The highest BCUT2D eigenvalue weighted by atomic mass is 16.5. The molecule has 0 spiro atoms. The van der Waals surface area contributed by atoms with Crippen molar-refractivity contribution in [2.75, 3.05) is 37.6 Å². The molecule has 2 atom stereocenters. The van der Waals surface area contributed by atoms with Gasteiger partial charge in [-0.1, -0.05) is 18.2 Å². The monoisotopic (exact) mass is 343 g/mol. The second-order valence-electron chi connectivity index (χ2n) is 7.65. The number of amides is 1. The lowest BCUT2D eigenvalue weighted by Gasteiger charge is -2.35. The number of carbonyl (C=O) groups excluding carboxylic acids is 1. The van der Waals surface area contributed by atoms with Crippen molar-refractivity contribution in [3.8, 4) is 0 Å². The van der Waals surface area contributed by atoms with E-state index >= 15 is 0 Å². The first-order chi connectivity index (χ1) is 12.2. The molecule has 3 aliphatic heterocycles. The minimum Gasteiger partial charge on any atom is -0.371 e. The molecular formula is C20H29N3O2. The van der Waals surface area contributed by atoms with Gasteiger partial charge in [0.2, 0.25) is 0 Å². The number of anilines is 1. The van der Waals surface area contributed by atoms with Gasteiger partial charge in [0.05, 0.1) is 6.10 Å². The van der Waals surface area contributed by atoms with Crippen molar-refractivity contribution >= 4 is 11.6 Å². The van der Waals surface area contributed by atoms with Crippen LogP contribution in [0, 0.1) is 5.92 Å². The fraction of sp³-hybridized carbons (Fsp3) is 0.650. The van der Waals surface area contributed by atoms with Gasteiger partial charge >= 0.3 is 0 Å². The predicted molar refractivity (Wildman–Crippen MR) is 98.6 cm³/mol. The van der Waals surface area contributed by atoms with Gasteiger partial charge in [-0.05, 0) is 49.7 Å². The van der Waals surface area contributed by atoms with Crippen molar-refractivity contribution in [2.45, 2.75) is 44.3 Å². The third-order valence-corrected chi connectivity index (χ3v) is 6.03. The van der Waals surface area contributed by atoms with Gasteiger partial charge in [-0.25, -0.2) is 0 Å². The van der Waals surface area contributed by atoms with Crippen LogP contribution in [0.25, 0.3) is 0 Å². The molecule has 0 aliphatic carbocycles. The van der Waals surface area contributed by atoms with Gasteiger partial charge in [-0.15, -0.1) is 0 Å². The molecule has 2 fully saturated rings. The van der Waals surface area contributed by atoms with Gasteiger partial charge in [0.15, 0.2) is 0 Å². The number of nitrogens with zero attached hydrogens (tertiary/aromatic N) is 2. The highest BCUT2D eigenvalue weighted by Gasteiger charge is 2.34. The Hall–Kier alpha value is -1.59. The van der Waals surface area contributed by atoms with Crippen LogP contribution in [-0.2, 0) is 16.0 Å². The Morgan fingerprint density at radius 3 is 2.68 bits per heavy atom. The maximum atomic E-state index is 12.6. The molecule has 0 bridgehead atoms. The quantitative estimate of drug-likeness (QED) is 0.906. The van der Waals surface area contributed by atoms with Gasteiger partial charge < -0.3 is 20.3 Å². The predicted octanol–water partition coefficient (Wildman–Crippen LogP) is 1.79. The molecule has 5 heteroatoms. The number of para-hydroxylation sites is 1. The molecule has 1 amide bonds. The smallest absolute Gasteiger partial charge is 0.251 e. The van der Waals surface area contributed by atoms with Crippen molar-refractivity contribution in [3.63, 3.8) is 0 Å². The first kappa shape index (κ1) is 16.9. The normalized spacial score (nSPS) is 26.9. The molecular weight excluding hydrogens is 314 g/mol. The van der Waals surface area contributed by atoms with Crippen LogP contribution in [0.3, 0.4) is 0 Å². The van der Waals surface area contributed by atoms with Gasteiger partial charge in [0.1, 0.15) is 6.10 Å². The van der Waals surface area contributed by atoms with Crippen molar-refractivity contribution in [3.05, 3.63) is 29.8 Å². The second kappa shape index (κ2) is 7.34. The van der Waals surface area contributed by atoms with E-state index in [2.05, 4.69) is 29.2 Å². The van der Waals surface area contributed by atoms with Crippen LogP contribution in [0.5, 0.6) is 0 Å². The summed E-state index contributed by atoms with van der Waals surface area (Å²) in [5, 5.41) is 0.